The molecule has 22 heavy (non-hydrogen) atoms. The van der Waals surface area contributed by atoms with Gasteiger partial charge in [0, 0.05) is 39.8 Å². The topological polar surface area (TPSA) is 97.5 Å². The Hall–Kier alpha value is -2.38. The van der Waals surface area contributed by atoms with Gasteiger partial charge >= 0.3 is 5.69 Å². The third-order valence-corrected chi connectivity index (χ3v) is 3.15. The lowest BCUT2D eigenvalue weighted by molar-refractivity contribution is -0.121. The highest BCUT2D eigenvalue weighted by Crippen LogP contribution is 2.16. The number of aliphatic imine (C=N–C) groups is 1. The molecule has 1 aromatic heterocycles. The second-order valence-corrected chi connectivity index (χ2v) is 4.73. The third kappa shape index (κ3) is 3.84. The molecule has 0 radical (unpaired) electrons. The molecule has 0 saturated carbocycles. The quantitative estimate of drug-likeness (QED) is 0.704. The van der Waals surface area contributed by atoms with Gasteiger partial charge in [0.15, 0.2) is 5.82 Å². The van der Waals surface area contributed by atoms with Gasteiger partial charge in [-0.15, -0.1) is 0 Å². The smallest absolute Gasteiger partial charge is 0.332 e. The van der Waals surface area contributed by atoms with Crippen LogP contribution >= 0.6 is 0 Å². The zero-order valence-corrected chi connectivity index (χ0v) is 13.5. The van der Waals surface area contributed by atoms with E-state index in [1.165, 1.54) is 10.8 Å². The van der Waals surface area contributed by atoms with Gasteiger partial charge in [0.1, 0.15) is 5.69 Å². The van der Waals surface area contributed by atoms with Crippen LogP contribution in [0.3, 0.4) is 0 Å². The molecule has 0 aliphatic heterocycles. The van der Waals surface area contributed by atoms with Crippen molar-refractivity contribution in [2.75, 3.05) is 18.9 Å². The Morgan fingerprint density at radius 1 is 1.36 bits per heavy atom. The van der Waals surface area contributed by atoms with E-state index in [0.717, 1.165) is 11.0 Å². The summed E-state index contributed by atoms with van der Waals surface area (Å²) in [6.45, 7) is 3.96. The van der Waals surface area contributed by atoms with Crippen LogP contribution in [0.25, 0.3) is 0 Å². The number of amides is 1. The van der Waals surface area contributed by atoms with E-state index in [1.54, 1.807) is 21.0 Å². The van der Waals surface area contributed by atoms with Gasteiger partial charge in [-0.2, -0.15) is 0 Å². The fourth-order valence-electron chi connectivity index (χ4n) is 2.07. The predicted molar refractivity (Wildman–Crippen MR) is 87.2 cm³/mol. The van der Waals surface area contributed by atoms with Crippen molar-refractivity contribution < 1.29 is 4.79 Å². The second kappa shape index (κ2) is 8.16. The number of aromatic nitrogens is 2. The highest BCUT2D eigenvalue weighted by Gasteiger charge is 2.15. The first kappa shape index (κ1) is 17.7. The minimum Gasteiger partial charge on any atom is -0.381 e. The van der Waals surface area contributed by atoms with E-state index in [2.05, 4.69) is 15.6 Å². The number of anilines is 1. The number of carbonyl (C=O) groups is 1. The van der Waals surface area contributed by atoms with E-state index >= 15 is 0 Å². The Labute approximate surface area is 128 Å². The fourth-order valence-corrected chi connectivity index (χ4v) is 2.07. The van der Waals surface area contributed by atoms with Crippen molar-refractivity contribution in [2.24, 2.45) is 12.0 Å². The lowest BCUT2D eigenvalue weighted by Gasteiger charge is -2.13. The first-order chi connectivity index (χ1) is 10.5. The molecule has 8 nitrogen and oxygen atoms in total. The van der Waals surface area contributed by atoms with Gasteiger partial charge in [0.05, 0.1) is 0 Å². The molecule has 0 aliphatic rings. The number of nitrogens with zero attached hydrogens (tertiary/aromatic N) is 3. The largest absolute Gasteiger partial charge is 0.381 e. The standard InChI is InChI=1S/C14H23N5O3/c1-5-7-10(20)17-8-9-19-13(21)11(15-3)12(16-6-2)18(4)14(19)22/h6,15H,5,7-9H2,1-4H3,(H,17,20)/b16-6-. The van der Waals surface area contributed by atoms with Gasteiger partial charge in [0.25, 0.3) is 5.56 Å². The van der Waals surface area contributed by atoms with Crippen molar-refractivity contribution in [3.8, 4) is 0 Å². The van der Waals surface area contributed by atoms with Crippen LogP contribution in [-0.4, -0.2) is 34.8 Å². The lowest BCUT2D eigenvalue weighted by Crippen LogP contribution is -2.42. The Bertz CT molecular complexity index is 672. The molecule has 0 spiro atoms. The Balaban J connectivity index is 3.12. The predicted octanol–water partition coefficient (Wildman–Crippen LogP) is 0.227. The molecule has 0 aromatic carbocycles. The van der Waals surface area contributed by atoms with E-state index in [9.17, 15) is 14.4 Å². The molecule has 8 heteroatoms. The molecule has 1 aromatic rings. The monoisotopic (exact) mass is 309 g/mol. The molecular formula is C14H23N5O3. The van der Waals surface area contributed by atoms with Crippen LogP contribution in [0.15, 0.2) is 14.6 Å². The molecule has 2 N–H and O–H groups in total. The molecule has 0 atom stereocenters. The summed E-state index contributed by atoms with van der Waals surface area (Å²) in [7, 11) is 3.15. The molecule has 0 bridgehead atoms. The maximum Gasteiger partial charge on any atom is 0.332 e. The van der Waals surface area contributed by atoms with Gasteiger partial charge in [-0.25, -0.2) is 9.79 Å². The zero-order valence-electron chi connectivity index (χ0n) is 13.5. The number of carbonyl (C=O) groups excluding carboxylic acids is 1. The van der Waals surface area contributed by atoms with Crippen LogP contribution in [0.1, 0.15) is 26.7 Å². The summed E-state index contributed by atoms with van der Waals surface area (Å²) in [5, 5.41) is 5.47. The SMILES string of the molecule is C/C=N\c1c(NC)c(=O)n(CCNC(=O)CCC)c(=O)n1C. The van der Waals surface area contributed by atoms with Crippen LogP contribution in [0.5, 0.6) is 0 Å². The highest BCUT2D eigenvalue weighted by molar-refractivity contribution is 5.75. The van der Waals surface area contributed by atoms with Crippen LogP contribution in [0.4, 0.5) is 11.5 Å². The molecule has 0 fully saturated rings. The summed E-state index contributed by atoms with van der Waals surface area (Å²) in [5.41, 5.74) is -0.662. The van der Waals surface area contributed by atoms with Gasteiger partial charge in [-0.1, -0.05) is 6.92 Å². The highest BCUT2D eigenvalue weighted by atomic mass is 16.2. The van der Waals surface area contributed by atoms with E-state index in [-0.39, 0.29) is 30.5 Å². The molecule has 0 aliphatic carbocycles. The van der Waals surface area contributed by atoms with Crippen molar-refractivity contribution in [1.29, 1.82) is 0 Å². The van der Waals surface area contributed by atoms with Gasteiger partial charge < -0.3 is 10.6 Å². The van der Waals surface area contributed by atoms with E-state index in [1.807, 2.05) is 6.92 Å². The second-order valence-electron chi connectivity index (χ2n) is 4.73. The third-order valence-electron chi connectivity index (χ3n) is 3.15. The molecule has 0 saturated heterocycles. The number of hydrogen-bond acceptors (Lipinski definition) is 5. The molecule has 1 heterocycles. The minimum atomic E-state index is -0.464. The summed E-state index contributed by atoms with van der Waals surface area (Å²) in [6, 6.07) is 0. The average Bonchev–Trinajstić information content (AvgIpc) is 2.49. The van der Waals surface area contributed by atoms with Gasteiger partial charge in [-0.3, -0.25) is 18.7 Å². The van der Waals surface area contributed by atoms with Crippen LogP contribution in [0, 0.1) is 0 Å². The molecule has 1 amide bonds. The Kier molecular flexibility index (Phi) is 6.55. The molecule has 0 unspecified atom stereocenters. The summed E-state index contributed by atoms with van der Waals surface area (Å²) >= 11 is 0. The van der Waals surface area contributed by atoms with Crippen molar-refractivity contribution in [1.82, 2.24) is 14.5 Å². The average molecular weight is 309 g/mol. The van der Waals surface area contributed by atoms with Crippen LogP contribution in [0.2, 0.25) is 0 Å². The van der Waals surface area contributed by atoms with E-state index < -0.39 is 11.2 Å². The van der Waals surface area contributed by atoms with Gasteiger partial charge in [-0.05, 0) is 13.3 Å². The van der Waals surface area contributed by atoms with E-state index in [4.69, 9.17) is 0 Å². The maximum absolute atomic E-state index is 12.4. The minimum absolute atomic E-state index is 0.0894. The van der Waals surface area contributed by atoms with Crippen molar-refractivity contribution >= 4 is 23.6 Å². The first-order valence-electron chi connectivity index (χ1n) is 7.24. The summed E-state index contributed by atoms with van der Waals surface area (Å²) < 4.78 is 2.40. The molecule has 122 valence electrons. The summed E-state index contributed by atoms with van der Waals surface area (Å²) in [6.07, 6.45) is 2.70. The fraction of sp³-hybridized carbons (Fsp3) is 0.571. The summed E-state index contributed by atoms with van der Waals surface area (Å²) in [5.74, 6) is 0.194. The number of nitrogens with one attached hydrogen (secondary N) is 2. The van der Waals surface area contributed by atoms with Crippen molar-refractivity contribution in [3.05, 3.63) is 20.8 Å². The van der Waals surface area contributed by atoms with E-state index in [0.29, 0.717) is 6.42 Å². The molecule has 1 rings (SSSR count). The van der Waals surface area contributed by atoms with Crippen LogP contribution < -0.4 is 21.9 Å². The maximum atomic E-state index is 12.4. The van der Waals surface area contributed by atoms with Crippen molar-refractivity contribution in [3.63, 3.8) is 0 Å². The number of rotatable bonds is 7. The lowest BCUT2D eigenvalue weighted by atomic mass is 10.3. The summed E-state index contributed by atoms with van der Waals surface area (Å²) in [4.78, 5) is 40.1. The Morgan fingerprint density at radius 3 is 2.59 bits per heavy atom. The zero-order chi connectivity index (χ0) is 16.7. The first-order valence-corrected chi connectivity index (χ1v) is 7.24. The van der Waals surface area contributed by atoms with Gasteiger partial charge in [0.2, 0.25) is 5.91 Å². The van der Waals surface area contributed by atoms with Crippen LogP contribution in [-0.2, 0) is 18.4 Å². The normalized spacial score (nSPS) is 10.9. The number of hydrogen-bond donors (Lipinski definition) is 2. The Morgan fingerprint density at radius 2 is 2.05 bits per heavy atom. The van der Waals surface area contributed by atoms with Crippen molar-refractivity contribution in [2.45, 2.75) is 33.2 Å². The molecular weight excluding hydrogens is 286 g/mol.